The predicted octanol–water partition coefficient (Wildman–Crippen LogP) is 2.03. The molecule has 3 nitrogen and oxygen atoms in total. The zero-order valence-electron chi connectivity index (χ0n) is 8.85. The molecule has 2 rings (SSSR count). The van der Waals surface area contributed by atoms with Crippen molar-refractivity contribution in [1.29, 1.82) is 0 Å². The van der Waals surface area contributed by atoms with Gasteiger partial charge < -0.3 is 5.11 Å². The van der Waals surface area contributed by atoms with Gasteiger partial charge in [0.2, 0.25) is 0 Å². The van der Waals surface area contributed by atoms with Crippen LogP contribution in [-0.2, 0) is 6.42 Å². The maximum absolute atomic E-state index is 13.3. The molecular formula is C12H10F2N2O. The third-order valence-corrected chi connectivity index (χ3v) is 2.34. The molecule has 0 bridgehead atoms. The first-order chi connectivity index (χ1) is 8.18. The van der Waals surface area contributed by atoms with E-state index in [1.165, 1.54) is 18.5 Å². The van der Waals surface area contributed by atoms with Gasteiger partial charge in [-0.25, -0.2) is 18.7 Å². The van der Waals surface area contributed by atoms with E-state index in [4.69, 9.17) is 0 Å². The molecule has 0 spiro atoms. The summed E-state index contributed by atoms with van der Waals surface area (Å²) in [4.78, 5) is 7.66. The highest BCUT2D eigenvalue weighted by Crippen LogP contribution is 2.19. The Hall–Kier alpha value is -1.88. The lowest BCUT2D eigenvalue weighted by Crippen LogP contribution is -2.08. The minimum atomic E-state index is -1.12. The first-order valence-corrected chi connectivity index (χ1v) is 5.06. The SMILES string of the molecule is OC(Cc1c(F)cccc1F)c1ncccn1. The van der Waals surface area contributed by atoms with Gasteiger partial charge in [-0.05, 0) is 18.2 Å². The molecule has 0 aliphatic rings. The number of halogens is 2. The van der Waals surface area contributed by atoms with E-state index < -0.39 is 17.7 Å². The molecular weight excluding hydrogens is 226 g/mol. The van der Waals surface area contributed by atoms with Crippen LogP contribution in [0, 0.1) is 11.6 Å². The monoisotopic (exact) mass is 236 g/mol. The molecule has 1 unspecified atom stereocenters. The van der Waals surface area contributed by atoms with Gasteiger partial charge in [-0.3, -0.25) is 0 Å². The lowest BCUT2D eigenvalue weighted by Gasteiger charge is -2.10. The normalized spacial score (nSPS) is 12.4. The third-order valence-electron chi connectivity index (χ3n) is 2.34. The van der Waals surface area contributed by atoms with Crippen LogP contribution in [0.15, 0.2) is 36.7 Å². The Morgan fingerprint density at radius 2 is 1.65 bits per heavy atom. The van der Waals surface area contributed by atoms with Crippen molar-refractivity contribution >= 4 is 0 Å². The van der Waals surface area contributed by atoms with Crippen molar-refractivity contribution in [2.24, 2.45) is 0 Å². The quantitative estimate of drug-likeness (QED) is 0.886. The summed E-state index contributed by atoms with van der Waals surface area (Å²) in [5.74, 6) is -1.21. The Kier molecular flexibility index (Phi) is 3.39. The van der Waals surface area contributed by atoms with E-state index in [9.17, 15) is 13.9 Å². The fourth-order valence-corrected chi connectivity index (χ4v) is 1.49. The van der Waals surface area contributed by atoms with E-state index in [0.717, 1.165) is 12.1 Å². The van der Waals surface area contributed by atoms with E-state index >= 15 is 0 Å². The predicted molar refractivity (Wildman–Crippen MR) is 57.1 cm³/mol. The van der Waals surface area contributed by atoms with Crippen LogP contribution in [0.1, 0.15) is 17.5 Å². The zero-order valence-corrected chi connectivity index (χ0v) is 8.85. The van der Waals surface area contributed by atoms with E-state index in [0.29, 0.717) is 0 Å². The first kappa shape index (κ1) is 11.6. The minimum Gasteiger partial charge on any atom is -0.385 e. The Morgan fingerprint density at radius 1 is 1.06 bits per heavy atom. The number of aliphatic hydroxyl groups is 1. The molecule has 1 N–H and O–H groups in total. The van der Waals surface area contributed by atoms with Crippen LogP contribution < -0.4 is 0 Å². The average molecular weight is 236 g/mol. The van der Waals surface area contributed by atoms with Gasteiger partial charge in [0.1, 0.15) is 17.7 Å². The van der Waals surface area contributed by atoms with Crippen LogP contribution in [-0.4, -0.2) is 15.1 Å². The molecule has 17 heavy (non-hydrogen) atoms. The van der Waals surface area contributed by atoms with Crippen molar-refractivity contribution < 1.29 is 13.9 Å². The summed E-state index contributed by atoms with van der Waals surface area (Å²) >= 11 is 0. The smallest absolute Gasteiger partial charge is 0.157 e. The Morgan fingerprint density at radius 3 is 2.24 bits per heavy atom. The summed E-state index contributed by atoms with van der Waals surface area (Å²) in [6.45, 7) is 0. The van der Waals surface area contributed by atoms with Crippen molar-refractivity contribution in [3.05, 3.63) is 59.7 Å². The van der Waals surface area contributed by atoms with Crippen molar-refractivity contribution in [3.63, 3.8) is 0 Å². The second-order valence-electron chi connectivity index (χ2n) is 3.53. The molecule has 1 heterocycles. The lowest BCUT2D eigenvalue weighted by atomic mass is 10.1. The molecule has 0 aliphatic carbocycles. The van der Waals surface area contributed by atoms with Crippen LogP contribution in [0.4, 0.5) is 8.78 Å². The van der Waals surface area contributed by atoms with E-state index in [-0.39, 0.29) is 17.8 Å². The van der Waals surface area contributed by atoms with Crippen molar-refractivity contribution in [1.82, 2.24) is 9.97 Å². The molecule has 1 aromatic heterocycles. The van der Waals surface area contributed by atoms with E-state index in [2.05, 4.69) is 9.97 Å². The van der Waals surface area contributed by atoms with Crippen LogP contribution in [0.5, 0.6) is 0 Å². The molecule has 1 atom stereocenters. The summed E-state index contributed by atoms with van der Waals surface area (Å²) < 4.78 is 26.7. The van der Waals surface area contributed by atoms with Gasteiger partial charge in [-0.1, -0.05) is 6.07 Å². The van der Waals surface area contributed by atoms with E-state index in [1.807, 2.05) is 0 Å². The lowest BCUT2D eigenvalue weighted by molar-refractivity contribution is 0.165. The summed E-state index contributed by atoms with van der Waals surface area (Å²) in [5, 5.41) is 9.76. The van der Waals surface area contributed by atoms with Crippen molar-refractivity contribution in [2.75, 3.05) is 0 Å². The molecule has 0 saturated carbocycles. The Balaban J connectivity index is 2.22. The van der Waals surface area contributed by atoms with E-state index in [1.54, 1.807) is 6.07 Å². The molecule has 0 radical (unpaired) electrons. The molecule has 2 aromatic rings. The molecule has 0 amide bonds. The Bertz CT molecular complexity index is 485. The molecule has 0 aliphatic heterocycles. The van der Waals surface area contributed by atoms with Gasteiger partial charge in [0.05, 0.1) is 0 Å². The summed E-state index contributed by atoms with van der Waals surface area (Å²) in [6.07, 6.45) is 1.61. The second-order valence-corrected chi connectivity index (χ2v) is 3.53. The van der Waals surface area contributed by atoms with Gasteiger partial charge in [-0.15, -0.1) is 0 Å². The van der Waals surface area contributed by atoms with Gasteiger partial charge in [0.25, 0.3) is 0 Å². The summed E-state index contributed by atoms with van der Waals surface area (Å²) in [5.41, 5.74) is -0.160. The highest BCUT2D eigenvalue weighted by atomic mass is 19.1. The number of hydrogen-bond acceptors (Lipinski definition) is 3. The molecule has 0 saturated heterocycles. The number of aliphatic hydroxyl groups excluding tert-OH is 1. The molecule has 88 valence electrons. The fraction of sp³-hybridized carbons (Fsp3) is 0.167. The molecule has 0 fully saturated rings. The second kappa shape index (κ2) is 4.97. The molecule has 5 heteroatoms. The van der Waals surface area contributed by atoms with Crippen molar-refractivity contribution in [3.8, 4) is 0 Å². The third kappa shape index (κ3) is 2.62. The number of aromatic nitrogens is 2. The van der Waals surface area contributed by atoms with Gasteiger partial charge in [-0.2, -0.15) is 0 Å². The summed E-state index contributed by atoms with van der Waals surface area (Å²) in [6, 6.07) is 5.17. The zero-order chi connectivity index (χ0) is 12.3. The van der Waals surface area contributed by atoms with Gasteiger partial charge >= 0.3 is 0 Å². The highest BCUT2D eigenvalue weighted by Gasteiger charge is 2.16. The van der Waals surface area contributed by atoms with Crippen molar-refractivity contribution in [2.45, 2.75) is 12.5 Å². The van der Waals surface area contributed by atoms with Crippen LogP contribution in [0.2, 0.25) is 0 Å². The number of hydrogen-bond donors (Lipinski definition) is 1. The van der Waals surface area contributed by atoms with Crippen LogP contribution in [0.25, 0.3) is 0 Å². The number of nitrogens with zero attached hydrogens (tertiary/aromatic N) is 2. The Labute approximate surface area is 96.8 Å². The first-order valence-electron chi connectivity index (χ1n) is 5.06. The standard InChI is InChI=1S/C12H10F2N2O/c13-9-3-1-4-10(14)8(9)7-11(17)12-15-5-2-6-16-12/h1-6,11,17H,7H2. The maximum Gasteiger partial charge on any atom is 0.157 e. The highest BCUT2D eigenvalue weighted by molar-refractivity contribution is 5.21. The average Bonchev–Trinajstić information content (AvgIpc) is 2.35. The van der Waals surface area contributed by atoms with Crippen LogP contribution >= 0.6 is 0 Å². The van der Waals surface area contributed by atoms with Gasteiger partial charge in [0, 0.05) is 24.4 Å². The topological polar surface area (TPSA) is 46.0 Å². The maximum atomic E-state index is 13.3. The summed E-state index contributed by atoms with van der Waals surface area (Å²) in [7, 11) is 0. The largest absolute Gasteiger partial charge is 0.385 e. The number of benzene rings is 1. The van der Waals surface area contributed by atoms with Gasteiger partial charge in [0.15, 0.2) is 5.82 Å². The molecule has 1 aromatic carbocycles. The number of rotatable bonds is 3. The minimum absolute atomic E-state index is 0.148. The fourth-order valence-electron chi connectivity index (χ4n) is 1.49. The van der Waals surface area contributed by atoms with Crippen LogP contribution in [0.3, 0.4) is 0 Å².